The summed E-state index contributed by atoms with van der Waals surface area (Å²) in [6.07, 6.45) is 0.428. The van der Waals surface area contributed by atoms with Crippen molar-refractivity contribution in [2.45, 2.75) is 66.5 Å². The van der Waals surface area contributed by atoms with E-state index in [0.29, 0.717) is 19.5 Å². The smallest absolute Gasteiger partial charge is 0.243 e. The summed E-state index contributed by atoms with van der Waals surface area (Å²) in [5.41, 5.74) is 5.31. The largest absolute Gasteiger partial charge is 0.356 e. The minimum absolute atomic E-state index is 0.0782. The Labute approximate surface area is 162 Å². The zero-order valence-corrected chi connectivity index (χ0v) is 17.5. The lowest BCUT2D eigenvalue weighted by Gasteiger charge is -2.23. The third-order valence-electron chi connectivity index (χ3n) is 3.46. The predicted molar refractivity (Wildman–Crippen MR) is 106 cm³/mol. The molecule has 0 aliphatic carbocycles. The molecule has 0 saturated carbocycles. The molecule has 27 heavy (non-hydrogen) atoms. The van der Waals surface area contributed by atoms with Crippen LogP contribution in [0.1, 0.15) is 54.4 Å². The van der Waals surface area contributed by atoms with Crippen molar-refractivity contribution in [3.8, 4) is 0 Å². The Kier molecular flexibility index (Phi) is 16.1. The van der Waals surface area contributed by atoms with Gasteiger partial charge in [-0.3, -0.25) is 19.2 Å². The van der Waals surface area contributed by atoms with Gasteiger partial charge in [-0.25, -0.2) is 0 Å². The molecule has 0 radical (unpaired) electrons. The molecule has 0 aliphatic heterocycles. The Morgan fingerprint density at radius 2 is 1.44 bits per heavy atom. The molecule has 0 aliphatic rings. The van der Waals surface area contributed by atoms with Crippen LogP contribution in [0.2, 0.25) is 0 Å². The van der Waals surface area contributed by atoms with Crippen LogP contribution >= 0.6 is 0 Å². The topological polar surface area (TPSA) is 142 Å². The van der Waals surface area contributed by atoms with Crippen molar-refractivity contribution in [1.82, 2.24) is 21.3 Å². The highest BCUT2D eigenvalue weighted by Gasteiger charge is 2.26. The van der Waals surface area contributed by atoms with E-state index in [1.165, 1.54) is 0 Å². The van der Waals surface area contributed by atoms with Crippen LogP contribution in [0.4, 0.5) is 0 Å². The first-order valence-electron chi connectivity index (χ1n) is 9.57. The Balaban J connectivity index is 0. The molecule has 0 rings (SSSR count). The summed E-state index contributed by atoms with van der Waals surface area (Å²) in [6.45, 7) is 11.7. The van der Waals surface area contributed by atoms with Crippen LogP contribution in [0.15, 0.2) is 0 Å². The molecule has 0 spiro atoms. The lowest BCUT2D eigenvalue weighted by atomic mass is 10.0. The van der Waals surface area contributed by atoms with E-state index in [-0.39, 0.29) is 36.6 Å². The molecule has 0 fully saturated rings. The molecule has 0 bridgehead atoms. The maximum Gasteiger partial charge on any atom is 0.243 e. The quantitative estimate of drug-likeness (QED) is 0.329. The van der Waals surface area contributed by atoms with E-state index >= 15 is 0 Å². The van der Waals surface area contributed by atoms with Crippen molar-refractivity contribution in [3.05, 3.63) is 0 Å². The van der Waals surface area contributed by atoms with Crippen molar-refractivity contribution >= 4 is 23.6 Å². The molecule has 0 aromatic heterocycles. The van der Waals surface area contributed by atoms with Gasteiger partial charge in [-0.1, -0.05) is 34.6 Å². The highest BCUT2D eigenvalue weighted by molar-refractivity contribution is 5.92. The Bertz CT molecular complexity index is 469. The van der Waals surface area contributed by atoms with Gasteiger partial charge in [0.15, 0.2) is 0 Å². The average molecular weight is 388 g/mol. The van der Waals surface area contributed by atoms with Crippen molar-refractivity contribution in [1.29, 1.82) is 0 Å². The van der Waals surface area contributed by atoms with E-state index in [0.717, 1.165) is 0 Å². The Morgan fingerprint density at radius 1 is 0.852 bits per heavy atom. The second-order valence-electron chi connectivity index (χ2n) is 6.05. The standard InChI is InChI=1S/C16H31N5O4.C2H6/c1-5-12(22)18-8-6-13(23)21-14(10(2)3)16(25)20-11(4)15(24)19-9-7-17;1-2/h10-11,14H,5-9,17H2,1-4H3,(H,18,22)(H,19,24)(H,20,25)(H,21,23);1-2H3/t11-,14?;/m0./s1. The van der Waals surface area contributed by atoms with Gasteiger partial charge in [-0.05, 0) is 12.8 Å². The molecular formula is C18H37N5O4. The van der Waals surface area contributed by atoms with Gasteiger partial charge in [0.2, 0.25) is 23.6 Å². The molecule has 0 aromatic carbocycles. The zero-order chi connectivity index (χ0) is 21.4. The van der Waals surface area contributed by atoms with Crippen LogP contribution in [0.25, 0.3) is 0 Å². The average Bonchev–Trinajstić information content (AvgIpc) is 2.64. The fourth-order valence-corrected chi connectivity index (χ4v) is 1.94. The number of rotatable bonds is 11. The summed E-state index contributed by atoms with van der Waals surface area (Å²) < 4.78 is 0. The number of hydrogen-bond acceptors (Lipinski definition) is 5. The first-order chi connectivity index (χ1) is 12.7. The van der Waals surface area contributed by atoms with Crippen molar-refractivity contribution in [2.24, 2.45) is 11.7 Å². The highest BCUT2D eigenvalue weighted by Crippen LogP contribution is 2.03. The Hall–Kier alpha value is -2.16. The van der Waals surface area contributed by atoms with Crippen LogP contribution in [-0.4, -0.2) is 55.3 Å². The molecule has 4 amide bonds. The summed E-state index contributed by atoms with van der Waals surface area (Å²) in [5, 5.41) is 10.4. The molecule has 0 aromatic rings. The minimum Gasteiger partial charge on any atom is -0.356 e. The lowest BCUT2D eigenvalue weighted by Crippen LogP contribution is -2.55. The van der Waals surface area contributed by atoms with Gasteiger partial charge in [0.25, 0.3) is 0 Å². The van der Waals surface area contributed by atoms with Crippen molar-refractivity contribution in [3.63, 3.8) is 0 Å². The molecular weight excluding hydrogens is 350 g/mol. The Morgan fingerprint density at radius 3 is 1.93 bits per heavy atom. The van der Waals surface area contributed by atoms with Gasteiger partial charge in [0.1, 0.15) is 12.1 Å². The van der Waals surface area contributed by atoms with E-state index in [1.807, 2.05) is 13.8 Å². The molecule has 158 valence electrons. The fourth-order valence-electron chi connectivity index (χ4n) is 1.94. The number of nitrogens with two attached hydrogens (primary N) is 1. The van der Waals surface area contributed by atoms with E-state index in [9.17, 15) is 19.2 Å². The zero-order valence-electron chi connectivity index (χ0n) is 17.5. The molecule has 2 atom stereocenters. The summed E-state index contributed by atoms with van der Waals surface area (Å²) in [7, 11) is 0. The van der Waals surface area contributed by atoms with Gasteiger partial charge in [-0.2, -0.15) is 0 Å². The maximum atomic E-state index is 12.3. The number of amides is 4. The van der Waals surface area contributed by atoms with Crippen LogP contribution in [0.5, 0.6) is 0 Å². The predicted octanol–water partition coefficient (Wildman–Crippen LogP) is -0.351. The van der Waals surface area contributed by atoms with Crippen LogP contribution in [0.3, 0.4) is 0 Å². The van der Waals surface area contributed by atoms with Gasteiger partial charge < -0.3 is 27.0 Å². The number of carbonyl (C=O) groups is 4. The SMILES string of the molecule is CC.CCC(=O)NCCC(=O)NC(C(=O)N[C@@H](C)C(=O)NCCN)C(C)C. The third kappa shape index (κ3) is 12.8. The van der Waals surface area contributed by atoms with Crippen LogP contribution in [-0.2, 0) is 19.2 Å². The van der Waals surface area contributed by atoms with Gasteiger partial charge in [0.05, 0.1) is 0 Å². The van der Waals surface area contributed by atoms with E-state index in [4.69, 9.17) is 5.73 Å². The van der Waals surface area contributed by atoms with E-state index in [2.05, 4.69) is 21.3 Å². The van der Waals surface area contributed by atoms with E-state index in [1.54, 1.807) is 27.7 Å². The molecule has 9 nitrogen and oxygen atoms in total. The van der Waals surface area contributed by atoms with Crippen molar-refractivity contribution < 1.29 is 19.2 Å². The van der Waals surface area contributed by atoms with Crippen molar-refractivity contribution in [2.75, 3.05) is 19.6 Å². The number of carbonyl (C=O) groups excluding carboxylic acids is 4. The fraction of sp³-hybridized carbons (Fsp3) is 0.778. The monoisotopic (exact) mass is 387 g/mol. The summed E-state index contributed by atoms with van der Waals surface area (Å²) in [5.74, 6) is -1.41. The molecule has 1 unspecified atom stereocenters. The van der Waals surface area contributed by atoms with E-state index < -0.39 is 18.0 Å². The van der Waals surface area contributed by atoms with Gasteiger partial charge in [-0.15, -0.1) is 0 Å². The first kappa shape index (κ1) is 27.1. The molecule has 9 heteroatoms. The normalized spacial score (nSPS) is 12.1. The molecule has 6 N–H and O–H groups in total. The minimum atomic E-state index is -0.765. The second kappa shape index (κ2) is 16.0. The van der Waals surface area contributed by atoms with Crippen LogP contribution < -0.4 is 27.0 Å². The highest BCUT2D eigenvalue weighted by atomic mass is 16.2. The summed E-state index contributed by atoms with van der Waals surface area (Å²) >= 11 is 0. The molecule has 0 heterocycles. The second-order valence-corrected chi connectivity index (χ2v) is 6.05. The number of nitrogens with one attached hydrogen (secondary N) is 4. The van der Waals surface area contributed by atoms with Gasteiger partial charge in [0, 0.05) is 32.5 Å². The lowest BCUT2D eigenvalue weighted by molar-refractivity contribution is -0.132. The first-order valence-corrected chi connectivity index (χ1v) is 9.57. The molecule has 0 saturated heterocycles. The number of hydrogen-bond donors (Lipinski definition) is 5. The summed E-state index contributed by atoms with van der Waals surface area (Å²) in [4.78, 5) is 47.2. The summed E-state index contributed by atoms with van der Waals surface area (Å²) in [6, 6.07) is -1.50. The third-order valence-corrected chi connectivity index (χ3v) is 3.46. The van der Waals surface area contributed by atoms with Gasteiger partial charge >= 0.3 is 0 Å². The van der Waals surface area contributed by atoms with Crippen LogP contribution in [0, 0.1) is 5.92 Å². The maximum absolute atomic E-state index is 12.3.